The predicted octanol–water partition coefficient (Wildman–Crippen LogP) is 15.1. The first-order chi connectivity index (χ1) is 24.4. The van der Waals surface area contributed by atoms with Crippen molar-refractivity contribution in [2.45, 2.75) is 232 Å². The molecule has 0 spiro atoms. The number of benzene rings is 1. The summed E-state index contributed by atoms with van der Waals surface area (Å²) in [6.07, 6.45) is 44.2. The van der Waals surface area contributed by atoms with E-state index in [9.17, 15) is 0 Å². The van der Waals surface area contributed by atoms with Gasteiger partial charge in [-0.3, -0.25) is 0 Å². The number of unbranched alkanes of at least 4 members (excludes halogenated alkanes) is 28. The average Bonchev–Trinajstić information content (AvgIpc) is 3.12. The van der Waals surface area contributed by atoms with Crippen molar-refractivity contribution in [3.05, 3.63) is 35.9 Å². The molecule has 1 rings (SSSR count). The van der Waals surface area contributed by atoms with Gasteiger partial charge in [0.05, 0.1) is 19.3 Å². The van der Waals surface area contributed by atoms with Crippen LogP contribution in [0, 0.1) is 0 Å². The Bertz CT molecular complexity index is 722. The monoisotopic (exact) mass is 687 g/mol. The van der Waals surface area contributed by atoms with Gasteiger partial charge in [-0.05, 0) is 31.2 Å². The molecule has 0 unspecified atom stereocenters. The molecule has 0 radical (unpaired) electrons. The Morgan fingerprint density at radius 1 is 0.388 bits per heavy atom. The minimum absolute atomic E-state index is 0.198. The van der Waals surface area contributed by atoms with E-state index in [-0.39, 0.29) is 6.10 Å². The van der Waals surface area contributed by atoms with Gasteiger partial charge in [-0.25, -0.2) is 0 Å². The lowest BCUT2D eigenvalue weighted by atomic mass is 10.0. The van der Waals surface area contributed by atoms with Gasteiger partial charge >= 0.3 is 0 Å². The van der Waals surface area contributed by atoms with Crippen LogP contribution in [0.4, 0.5) is 0 Å². The van der Waals surface area contributed by atoms with E-state index in [4.69, 9.17) is 14.2 Å². The lowest BCUT2D eigenvalue weighted by molar-refractivity contribution is -0.0269. The highest BCUT2D eigenvalue weighted by molar-refractivity contribution is 5.13. The molecule has 0 heterocycles. The Hall–Kier alpha value is -0.900. The fraction of sp³-hybridized carbons (Fsp3) is 0.870. The molecule has 3 heteroatoms. The maximum atomic E-state index is 6.37. The number of ether oxygens (including phenoxy) is 3. The lowest BCUT2D eigenvalue weighted by Gasteiger charge is -2.18. The highest BCUT2D eigenvalue weighted by Gasteiger charge is 2.10. The van der Waals surface area contributed by atoms with E-state index in [1.54, 1.807) is 0 Å². The van der Waals surface area contributed by atoms with Gasteiger partial charge in [0.1, 0.15) is 0 Å². The molecule has 0 aliphatic rings. The molecule has 0 N–H and O–H groups in total. The summed E-state index contributed by atoms with van der Waals surface area (Å²) in [7, 11) is 0. The Morgan fingerprint density at radius 2 is 0.755 bits per heavy atom. The van der Waals surface area contributed by atoms with Gasteiger partial charge in [-0.1, -0.05) is 224 Å². The number of hydrogen-bond acceptors (Lipinski definition) is 3. The molecule has 288 valence electrons. The third-order valence-corrected chi connectivity index (χ3v) is 10.2. The Morgan fingerprint density at radius 3 is 1.18 bits per heavy atom. The molecule has 0 saturated carbocycles. The van der Waals surface area contributed by atoms with E-state index >= 15 is 0 Å². The smallest absolute Gasteiger partial charge is 0.0809 e. The van der Waals surface area contributed by atoms with Crippen molar-refractivity contribution in [3.8, 4) is 0 Å². The zero-order valence-corrected chi connectivity index (χ0v) is 33.4. The van der Waals surface area contributed by atoms with Crippen LogP contribution >= 0.6 is 0 Å². The van der Waals surface area contributed by atoms with Crippen molar-refractivity contribution >= 4 is 0 Å². The van der Waals surface area contributed by atoms with Gasteiger partial charge in [0.15, 0.2) is 0 Å². The Labute approximate surface area is 307 Å². The van der Waals surface area contributed by atoms with Gasteiger partial charge in [0, 0.05) is 19.8 Å². The van der Waals surface area contributed by atoms with Crippen LogP contribution in [0.3, 0.4) is 0 Å². The quantitative estimate of drug-likeness (QED) is 0.0642. The van der Waals surface area contributed by atoms with E-state index in [1.165, 1.54) is 198 Å². The van der Waals surface area contributed by atoms with Gasteiger partial charge in [0.25, 0.3) is 0 Å². The fourth-order valence-electron chi connectivity index (χ4n) is 6.91. The molecular formula is C46H86O3. The second kappa shape index (κ2) is 39.9. The molecule has 0 aliphatic heterocycles. The van der Waals surface area contributed by atoms with Crippen LogP contribution in [0.15, 0.2) is 30.3 Å². The second-order valence-corrected chi connectivity index (χ2v) is 15.1. The minimum Gasteiger partial charge on any atom is -0.379 e. The van der Waals surface area contributed by atoms with Gasteiger partial charge in [-0.2, -0.15) is 0 Å². The predicted molar refractivity (Wildman–Crippen MR) is 216 cm³/mol. The van der Waals surface area contributed by atoms with Crippen molar-refractivity contribution in [2.24, 2.45) is 0 Å². The van der Waals surface area contributed by atoms with Crippen molar-refractivity contribution in [1.82, 2.24) is 0 Å². The van der Waals surface area contributed by atoms with Crippen molar-refractivity contribution < 1.29 is 14.2 Å². The second-order valence-electron chi connectivity index (χ2n) is 15.1. The van der Waals surface area contributed by atoms with Crippen LogP contribution in [-0.2, 0) is 20.8 Å². The van der Waals surface area contributed by atoms with Crippen molar-refractivity contribution in [1.29, 1.82) is 0 Å². The molecule has 0 fully saturated rings. The largest absolute Gasteiger partial charge is 0.379 e. The van der Waals surface area contributed by atoms with E-state index in [2.05, 4.69) is 44.2 Å². The van der Waals surface area contributed by atoms with Crippen molar-refractivity contribution in [3.63, 3.8) is 0 Å². The van der Waals surface area contributed by atoms with Gasteiger partial charge < -0.3 is 14.2 Å². The molecule has 1 aromatic rings. The first kappa shape index (κ1) is 46.1. The molecular weight excluding hydrogens is 601 g/mol. The van der Waals surface area contributed by atoms with Crippen molar-refractivity contribution in [2.75, 3.05) is 26.4 Å². The summed E-state index contributed by atoms with van der Waals surface area (Å²) in [5.41, 5.74) is 1.25. The first-order valence-corrected chi connectivity index (χ1v) is 22.2. The molecule has 1 atom stereocenters. The highest BCUT2D eigenvalue weighted by Crippen LogP contribution is 2.16. The number of rotatable bonds is 41. The van der Waals surface area contributed by atoms with E-state index < -0.39 is 0 Å². The van der Waals surface area contributed by atoms with Crippen LogP contribution in [0.5, 0.6) is 0 Å². The molecule has 49 heavy (non-hydrogen) atoms. The Kier molecular flexibility index (Phi) is 37.5. The Balaban J connectivity index is 2.04. The molecule has 0 saturated heterocycles. The van der Waals surface area contributed by atoms with Gasteiger partial charge in [-0.15, -0.1) is 0 Å². The molecule has 0 aliphatic carbocycles. The average molecular weight is 687 g/mol. The van der Waals surface area contributed by atoms with Crippen LogP contribution in [0.2, 0.25) is 0 Å². The molecule has 0 bridgehead atoms. The normalized spacial score (nSPS) is 12.2. The van der Waals surface area contributed by atoms with Crippen LogP contribution in [0.25, 0.3) is 0 Å². The molecule has 0 amide bonds. The zero-order valence-electron chi connectivity index (χ0n) is 33.4. The highest BCUT2D eigenvalue weighted by atomic mass is 16.5. The topological polar surface area (TPSA) is 27.7 Å². The standard InChI is InChI=1S/C46H86O3/c1-3-5-7-9-11-13-15-17-19-20-21-23-25-27-29-34-40-48-44-46(39-36-41-47-43-45-37-32-31-33-38-45)49-42-35-30-28-26-24-22-18-16-14-12-10-8-6-4-2/h31-33,37-38,46H,3-30,34-36,39-44H2,1-2H3/t46-/m0/s1. The van der Waals surface area contributed by atoms with E-state index in [0.29, 0.717) is 6.61 Å². The first-order valence-electron chi connectivity index (χ1n) is 22.2. The maximum Gasteiger partial charge on any atom is 0.0809 e. The molecule has 3 nitrogen and oxygen atoms in total. The number of hydrogen-bond donors (Lipinski definition) is 0. The van der Waals surface area contributed by atoms with Gasteiger partial charge in [0.2, 0.25) is 0 Å². The van der Waals surface area contributed by atoms with E-state index in [1.807, 2.05) is 0 Å². The third kappa shape index (κ3) is 35.3. The lowest BCUT2D eigenvalue weighted by Crippen LogP contribution is -2.21. The minimum atomic E-state index is 0.198. The maximum absolute atomic E-state index is 6.37. The summed E-state index contributed by atoms with van der Waals surface area (Å²) in [6, 6.07) is 10.5. The summed E-state index contributed by atoms with van der Waals surface area (Å²) in [5.74, 6) is 0. The summed E-state index contributed by atoms with van der Waals surface area (Å²) >= 11 is 0. The van der Waals surface area contributed by atoms with E-state index in [0.717, 1.165) is 39.3 Å². The van der Waals surface area contributed by atoms with Crippen LogP contribution in [0.1, 0.15) is 225 Å². The fourth-order valence-corrected chi connectivity index (χ4v) is 6.91. The summed E-state index contributed by atoms with van der Waals surface area (Å²) in [5, 5.41) is 0. The molecule has 0 aromatic heterocycles. The SMILES string of the molecule is CCCCCCCCCCCCCCCCCCOC[C@H](CCCOCc1ccccc1)OCCCCCCCCCCCCCCCC. The molecule has 1 aromatic carbocycles. The zero-order chi connectivity index (χ0) is 35.0. The van der Waals surface area contributed by atoms with Crippen LogP contribution < -0.4 is 0 Å². The summed E-state index contributed by atoms with van der Waals surface area (Å²) < 4.78 is 18.5. The van der Waals surface area contributed by atoms with Crippen LogP contribution in [-0.4, -0.2) is 32.5 Å². The summed E-state index contributed by atoms with van der Waals surface area (Å²) in [4.78, 5) is 0. The summed E-state index contributed by atoms with van der Waals surface area (Å²) in [6.45, 7) is 8.56. The third-order valence-electron chi connectivity index (χ3n) is 10.2.